The van der Waals surface area contributed by atoms with Crippen LogP contribution in [0.3, 0.4) is 0 Å². The van der Waals surface area contributed by atoms with Gasteiger partial charge in [-0.25, -0.2) is 0 Å². The first-order valence-corrected chi connectivity index (χ1v) is 7.50. The number of ether oxygens (including phenoxy) is 1. The molecule has 2 aliphatic heterocycles. The second-order valence-corrected chi connectivity index (χ2v) is 5.71. The first-order chi connectivity index (χ1) is 9.31. The summed E-state index contributed by atoms with van der Waals surface area (Å²) in [6, 6.07) is 6.27. The van der Waals surface area contributed by atoms with E-state index in [1.165, 1.54) is 44.3 Å². The van der Waals surface area contributed by atoms with Gasteiger partial charge in [0, 0.05) is 11.5 Å². The zero-order valence-corrected chi connectivity index (χ0v) is 12.9. The molecule has 2 aliphatic rings. The highest BCUT2D eigenvalue weighted by Gasteiger charge is 2.37. The molecular weight excluding hydrogens is 274 g/mol. The molecule has 3 nitrogen and oxygen atoms in total. The largest absolute Gasteiger partial charge is 0.504 e. The molecule has 0 aliphatic carbocycles. The van der Waals surface area contributed by atoms with Gasteiger partial charge in [-0.3, -0.25) is 4.90 Å². The van der Waals surface area contributed by atoms with Gasteiger partial charge in [-0.2, -0.15) is 0 Å². The molecule has 1 aromatic carbocycles. The molecule has 1 aromatic rings. The Kier molecular flexibility index (Phi) is 5.17. The Labute approximate surface area is 127 Å². The molecule has 2 atom stereocenters. The number of halogens is 1. The van der Waals surface area contributed by atoms with E-state index >= 15 is 0 Å². The Morgan fingerprint density at radius 1 is 1.40 bits per heavy atom. The minimum atomic E-state index is 0. The van der Waals surface area contributed by atoms with Crippen LogP contribution >= 0.6 is 12.4 Å². The molecule has 112 valence electrons. The number of aromatic hydroxyl groups is 1. The van der Waals surface area contributed by atoms with Gasteiger partial charge in [-0.05, 0) is 38.4 Å². The van der Waals surface area contributed by atoms with Gasteiger partial charge in [0.25, 0.3) is 0 Å². The number of fused-ring (bicyclic) bond motifs is 3. The number of hydrogen-bond acceptors (Lipinski definition) is 3. The predicted octanol–water partition coefficient (Wildman–Crippen LogP) is 3.55. The van der Waals surface area contributed by atoms with E-state index in [4.69, 9.17) is 4.74 Å². The third-order valence-corrected chi connectivity index (χ3v) is 4.52. The van der Waals surface area contributed by atoms with Crippen LogP contribution in [-0.4, -0.2) is 35.7 Å². The van der Waals surface area contributed by atoms with Gasteiger partial charge >= 0.3 is 0 Å². The maximum atomic E-state index is 9.92. The van der Waals surface area contributed by atoms with Crippen molar-refractivity contribution in [2.75, 3.05) is 19.7 Å². The van der Waals surface area contributed by atoms with Crippen LogP contribution in [0, 0.1) is 0 Å². The van der Waals surface area contributed by atoms with Gasteiger partial charge in [0.2, 0.25) is 0 Å². The van der Waals surface area contributed by atoms with Crippen molar-refractivity contribution < 1.29 is 9.84 Å². The van der Waals surface area contributed by atoms with E-state index in [0.717, 1.165) is 12.4 Å². The summed E-state index contributed by atoms with van der Waals surface area (Å²) in [5, 5.41) is 9.92. The molecule has 0 spiro atoms. The summed E-state index contributed by atoms with van der Waals surface area (Å²) < 4.78 is 5.84. The molecule has 0 aromatic heterocycles. The Morgan fingerprint density at radius 3 is 3.05 bits per heavy atom. The van der Waals surface area contributed by atoms with E-state index in [1.807, 2.05) is 6.07 Å². The number of phenolic OH excluding ortho intramolecular Hbond substituents is 1. The summed E-state index contributed by atoms with van der Waals surface area (Å²) in [7, 11) is 0. The number of nitrogens with zero attached hydrogens (tertiary/aromatic N) is 1. The molecule has 0 bridgehead atoms. The van der Waals surface area contributed by atoms with Crippen molar-refractivity contribution in [2.45, 2.75) is 44.6 Å². The third kappa shape index (κ3) is 2.75. The highest BCUT2D eigenvalue weighted by molar-refractivity contribution is 5.85. The van der Waals surface area contributed by atoms with Gasteiger partial charge < -0.3 is 9.84 Å². The number of piperidine rings is 1. The van der Waals surface area contributed by atoms with Crippen LogP contribution in [0.25, 0.3) is 0 Å². The first-order valence-electron chi connectivity index (χ1n) is 7.50. The molecule has 0 saturated carbocycles. The molecule has 1 N–H and O–H groups in total. The summed E-state index contributed by atoms with van der Waals surface area (Å²) >= 11 is 0. The lowest BCUT2D eigenvalue weighted by molar-refractivity contribution is 0.0632. The molecular formula is C16H24ClNO2. The normalized spacial score (nSPS) is 25.1. The molecule has 3 rings (SSSR count). The standard InChI is InChI=1S/C16H23NO2.ClH/c1-2-3-9-17-10-5-7-12-13-6-4-8-15(18)16(13)19-11-14(12)17;/h4,6,8,12,14,18H,2-3,5,7,9-11H2,1H3;1H/t12-,14-;/m1./s1. The van der Waals surface area contributed by atoms with Crippen molar-refractivity contribution in [1.82, 2.24) is 4.90 Å². The summed E-state index contributed by atoms with van der Waals surface area (Å²) in [6.45, 7) is 5.33. The van der Waals surface area contributed by atoms with Crippen LogP contribution in [0.4, 0.5) is 0 Å². The number of hydrogen-bond donors (Lipinski definition) is 1. The zero-order chi connectivity index (χ0) is 13.2. The average Bonchev–Trinajstić information content (AvgIpc) is 2.45. The summed E-state index contributed by atoms with van der Waals surface area (Å²) in [4.78, 5) is 2.59. The lowest BCUT2D eigenvalue weighted by Crippen LogP contribution is -2.49. The van der Waals surface area contributed by atoms with Crippen LogP contribution in [0.1, 0.15) is 44.1 Å². The Balaban J connectivity index is 0.00000147. The quantitative estimate of drug-likeness (QED) is 0.926. The van der Waals surface area contributed by atoms with E-state index in [9.17, 15) is 5.11 Å². The maximum absolute atomic E-state index is 9.92. The van der Waals surface area contributed by atoms with Crippen molar-refractivity contribution in [3.05, 3.63) is 23.8 Å². The van der Waals surface area contributed by atoms with Gasteiger partial charge in [-0.1, -0.05) is 25.5 Å². The SMILES string of the molecule is CCCCN1CCC[C@@H]2c3cccc(O)c3OC[C@H]21.Cl. The fraction of sp³-hybridized carbons (Fsp3) is 0.625. The van der Waals surface area contributed by atoms with E-state index in [0.29, 0.717) is 17.7 Å². The Morgan fingerprint density at radius 2 is 2.25 bits per heavy atom. The molecule has 1 saturated heterocycles. The van der Waals surface area contributed by atoms with Crippen molar-refractivity contribution in [2.24, 2.45) is 0 Å². The van der Waals surface area contributed by atoms with Crippen LogP contribution in [0.15, 0.2) is 18.2 Å². The monoisotopic (exact) mass is 297 g/mol. The van der Waals surface area contributed by atoms with E-state index in [-0.39, 0.29) is 12.4 Å². The molecule has 20 heavy (non-hydrogen) atoms. The minimum absolute atomic E-state index is 0. The van der Waals surface area contributed by atoms with Crippen molar-refractivity contribution >= 4 is 12.4 Å². The number of para-hydroxylation sites is 1. The van der Waals surface area contributed by atoms with Crippen LogP contribution in [-0.2, 0) is 0 Å². The number of likely N-dealkylation sites (tertiary alicyclic amines) is 1. The Hall–Kier alpha value is -0.930. The second kappa shape index (κ2) is 6.68. The van der Waals surface area contributed by atoms with Gasteiger partial charge in [-0.15, -0.1) is 12.4 Å². The van der Waals surface area contributed by atoms with Crippen molar-refractivity contribution in [3.8, 4) is 11.5 Å². The van der Waals surface area contributed by atoms with Crippen LogP contribution in [0.2, 0.25) is 0 Å². The number of benzene rings is 1. The minimum Gasteiger partial charge on any atom is -0.504 e. The predicted molar refractivity (Wildman–Crippen MR) is 83.1 cm³/mol. The highest BCUT2D eigenvalue weighted by Crippen LogP contribution is 2.44. The molecule has 2 heterocycles. The zero-order valence-electron chi connectivity index (χ0n) is 12.0. The van der Waals surface area contributed by atoms with Gasteiger partial charge in [0.15, 0.2) is 11.5 Å². The lowest BCUT2D eigenvalue weighted by Gasteiger charge is -2.44. The molecule has 0 unspecified atom stereocenters. The average molecular weight is 298 g/mol. The Bertz CT molecular complexity index is 452. The number of rotatable bonds is 3. The van der Waals surface area contributed by atoms with Crippen LogP contribution in [0.5, 0.6) is 11.5 Å². The second-order valence-electron chi connectivity index (χ2n) is 5.71. The fourth-order valence-corrected chi connectivity index (χ4v) is 3.51. The van der Waals surface area contributed by atoms with Crippen LogP contribution < -0.4 is 4.74 Å². The fourth-order valence-electron chi connectivity index (χ4n) is 3.51. The lowest BCUT2D eigenvalue weighted by atomic mass is 9.81. The number of phenols is 1. The van der Waals surface area contributed by atoms with E-state index < -0.39 is 0 Å². The van der Waals surface area contributed by atoms with Gasteiger partial charge in [0.1, 0.15) is 6.61 Å². The third-order valence-electron chi connectivity index (χ3n) is 4.52. The molecule has 0 radical (unpaired) electrons. The maximum Gasteiger partial charge on any atom is 0.164 e. The molecule has 4 heteroatoms. The summed E-state index contributed by atoms with van der Waals surface area (Å²) in [5.74, 6) is 1.55. The number of unbranched alkanes of at least 4 members (excludes halogenated alkanes) is 1. The first kappa shape index (κ1) is 15.5. The van der Waals surface area contributed by atoms with Crippen molar-refractivity contribution in [1.29, 1.82) is 0 Å². The smallest absolute Gasteiger partial charge is 0.164 e. The molecule has 0 amide bonds. The molecule has 1 fully saturated rings. The summed E-state index contributed by atoms with van der Waals surface area (Å²) in [6.07, 6.45) is 4.97. The summed E-state index contributed by atoms with van der Waals surface area (Å²) in [5.41, 5.74) is 1.21. The van der Waals surface area contributed by atoms with E-state index in [2.05, 4.69) is 17.9 Å². The van der Waals surface area contributed by atoms with E-state index in [1.54, 1.807) is 6.07 Å². The highest BCUT2D eigenvalue weighted by atomic mass is 35.5. The van der Waals surface area contributed by atoms with Gasteiger partial charge in [0.05, 0.1) is 6.04 Å². The topological polar surface area (TPSA) is 32.7 Å². The van der Waals surface area contributed by atoms with Crippen molar-refractivity contribution in [3.63, 3.8) is 0 Å².